The maximum atomic E-state index is 13.4. The van der Waals surface area contributed by atoms with E-state index in [1.807, 2.05) is 18.7 Å². The molecule has 206 valence electrons. The molecule has 6 rings (SSSR count). The van der Waals surface area contributed by atoms with Crippen LogP contribution >= 0.6 is 11.8 Å². The summed E-state index contributed by atoms with van der Waals surface area (Å²) in [5, 5.41) is 7.70. The van der Waals surface area contributed by atoms with Gasteiger partial charge in [0.15, 0.2) is 0 Å². The highest BCUT2D eigenvalue weighted by Gasteiger charge is 2.49. The van der Waals surface area contributed by atoms with Crippen LogP contribution in [0.5, 0.6) is 5.88 Å². The molecule has 1 saturated heterocycles. The van der Waals surface area contributed by atoms with Crippen LogP contribution in [0.1, 0.15) is 83.2 Å². The molecule has 0 radical (unpaired) electrons. The third-order valence-corrected chi connectivity index (χ3v) is 10.2. The molecule has 9 heteroatoms. The SMILES string of the molecule is CC(C)Sc1c(OCC(C)(C)C(=O)N2CCC(CN)CC2)noc1C(=O)NC1C2CC3CC(C2)CC1C3. The number of nitrogens with zero attached hydrogens (tertiary/aromatic N) is 2. The van der Waals surface area contributed by atoms with Crippen molar-refractivity contribution in [1.29, 1.82) is 0 Å². The summed E-state index contributed by atoms with van der Waals surface area (Å²) >= 11 is 1.52. The van der Waals surface area contributed by atoms with Crippen molar-refractivity contribution in [1.82, 2.24) is 15.4 Å². The highest BCUT2D eigenvalue weighted by molar-refractivity contribution is 8.00. The second kappa shape index (κ2) is 10.8. The largest absolute Gasteiger partial charge is 0.474 e. The molecule has 1 aromatic rings. The van der Waals surface area contributed by atoms with E-state index in [-0.39, 0.29) is 35.5 Å². The maximum absolute atomic E-state index is 13.4. The van der Waals surface area contributed by atoms with Crippen molar-refractivity contribution in [2.75, 3.05) is 26.2 Å². The minimum atomic E-state index is -0.725. The zero-order valence-electron chi connectivity index (χ0n) is 22.8. The highest BCUT2D eigenvalue weighted by Crippen LogP contribution is 2.53. The number of ether oxygens (including phenoxy) is 1. The standard InChI is InChI=1S/C28H44N4O4S/c1-16(2)37-24-23(25(33)30-22-20-10-18-9-19(12-20)13-21(22)11-18)36-31-26(24)35-15-28(3,4)27(34)32-7-5-17(14-29)6-8-32/h16-22H,5-15,29H2,1-4H3,(H,30,33). The Kier molecular flexibility index (Phi) is 7.83. The summed E-state index contributed by atoms with van der Waals surface area (Å²) in [4.78, 5) is 29.2. The molecule has 0 aromatic carbocycles. The Morgan fingerprint density at radius 2 is 1.76 bits per heavy atom. The molecule has 1 aromatic heterocycles. The van der Waals surface area contributed by atoms with Gasteiger partial charge in [-0.1, -0.05) is 13.8 Å². The lowest BCUT2D eigenvalue weighted by Gasteiger charge is -2.54. The van der Waals surface area contributed by atoms with Gasteiger partial charge in [-0.25, -0.2) is 0 Å². The molecule has 4 aliphatic carbocycles. The molecule has 4 saturated carbocycles. The average molecular weight is 533 g/mol. The van der Waals surface area contributed by atoms with Crippen molar-refractivity contribution in [3.63, 3.8) is 0 Å². The van der Waals surface area contributed by atoms with Gasteiger partial charge in [0.2, 0.25) is 11.7 Å². The summed E-state index contributed by atoms with van der Waals surface area (Å²) in [6.45, 7) is 10.3. The van der Waals surface area contributed by atoms with Crippen LogP contribution in [-0.4, -0.2) is 59.4 Å². The van der Waals surface area contributed by atoms with Crippen molar-refractivity contribution in [3.05, 3.63) is 5.76 Å². The topological polar surface area (TPSA) is 111 Å². The van der Waals surface area contributed by atoms with Crippen LogP contribution in [-0.2, 0) is 4.79 Å². The molecule has 5 fully saturated rings. The summed E-state index contributed by atoms with van der Waals surface area (Å²) < 4.78 is 11.7. The number of rotatable bonds is 9. The van der Waals surface area contributed by atoms with Crippen LogP contribution in [0, 0.1) is 35.0 Å². The Bertz CT molecular complexity index is 957. The number of likely N-dealkylation sites (tertiary alicyclic amines) is 1. The van der Waals surface area contributed by atoms with E-state index in [2.05, 4.69) is 24.3 Å². The fourth-order valence-corrected chi connectivity index (χ4v) is 8.24. The number of hydrogen-bond donors (Lipinski definition) is 2. The average Bonchev–Trinajstić information content (AvgIpc) is 3.26. The Labute approximate surface area is 225 Å². The Balaban J connectivity index is 1.24. The number of thioether (sulfide) groups is 1. The van der Waals surface area contributed by atoms with Crippen LogP contribution < -0.4 is 15.8 Å². The number of carbonyl (C=O) groups excluding carboxylic acids is 2. The van der Waals surface area contributed by atoms with Crippen molar-refractivity contribution in [2.45, 2.75) is 88.8 Å². The molecule has 1 aliphatic heterocycles. The summed E-state index contributed by atoms with van der Waals surface area (Å²) in [5.74, 6) is 3.79. The first-order valence-electron chi connectivity index (χ1n) is 14.2. The number of carbonyl (C=O) groups is 2. The van der Waals surface area contributed by atoms with Gasteiger partial charge in [0.25, 0.3) is 11.8 Å². The van der Waals surface area contributed by atoms with E-state index in [0.717, 1.165) is 37.8 Å². The predicted octanol–water partition coefficient (Wildman–Crippen LogP) is 4.33. The molecular weight excluding hydrogens is 488 g/mol. The Morgan fingerprint density at radius 3 is 2.32 bits per heavy atom. The lowest BCUT2D eigenvalue weighted by molar-refractivity contribution is -0.143. The predicted molar refractivity (Wildman–Crippen MR) is 143 cm³/mol. The number of amides is 2. The molecule has 8 nitrogen and oxygen atoms in total. The number of nitrogens with two attached hydrogens (primary N) is 1. The zero-order valence-corrected chi connectivity index (χ0v) is 23.6. The van der Waals surface area contributed by atoms with Gasteiger partial charge in [-0.05, 0) is 100 Å². The number of aromatic nitrogens is 1. The molecule has 0 spiro atoms. The first kappa shape index (κ1) is 26.9. The summed E-state index contributed by atoms with van der Waals surface area (Å²) in [6.07, 6.45) is 8.23. The third-order valence-electron chi connectivity index (χ3n) is 9.09. The lowest BCUT2D eigenvalue weighted by atomic mass is 9.54. The van der Waals surface area contributed by atoms with E-state index in [0.29, 0.717) is 35.1 Å². The van der Waals surface area contributed by atoms with Crippen molar-refractivity contribution in [2.24, 2.45) is 40.7 Å². The minimum absolute atomic E-state index is 0.0735. The smallest absolute Gasteiger partial charge is 0.291 e. The number of piperidine rings is 1. The minimum Gasteiger partial charge on any atom is -0.474 e. The Hall–Kier alpha value is -1.74. The third kappa shape index (κ3) is 5.68. The van der Waals surface area contributed by atoms with Crippen LogP contribution in [0.4, 0.5) is 0 Å². The highest BCUT2D eigenvalue weighted by atomic mass is 32.2. The molecule has 4 bridgehead atoms. The number of nitrogens with one attached hydrogen (secondary N) is 1. The van der Waals surface area contributed by atoms with Crippen LogP contribution in [0.2, 0.25) is 0 Å². The summed E-state index contributed by atoms with van der Waals surface area (Å²) in [7, 11) is 0. The molecular formula is C28H44N4O4S. The van der Waals surface area contributed by atoms with E-state index in [1.165, 1.54) is 43.9 Å². The van der Waals surface area contributed by atoms with E-state index in [9.17, 15) is 9.59 Å². The monoisotopic (exact) mass is 532 g/mol. The normalized spacial score (nSPS) is 29.7. The van der Waals surface area contributed by atoms with Crippen molar-refractivity contribution < 1.29 is 18.8 Å². The zero-order chi connectivity index (χ0) is 26.3. The van der Waals surface area contributed by atoms with E-state index in [1.54, 1.807) is 0 Å². The first-order valence-corrected chi connectivity index (χ1v) is 15.1. The van der Waals surface area contributed by atoms with Gasteiger partial charge < -0.3 is 25.2 Å². The lowest BCUT2D eigenvalue weighted by Crippen LogP contribution is -2.55. The summed E-state index contributed by atoms with van der Waals surface area (Å²) in [5.41, 5.74) is 5.08. The van der Waals surface area contributed by atoms with Gasteiger partial charge in [-0.15, -0.1) is 11.8 Å². The molecule has 0 unspecified atom stereocenters. The fraction of sp³-hybridized carbons (Fsp3) is 0.821. The Morgan fingerprint density at radius 1 is 1.14 bits per heavy atom. The van der Waals surface area contributed by atoms with Gasteiger partial charge in [-0.2, -0.15) is 0 Å². The molecule has 0 atom stereocenters. The second-order valence-corrected chi connectivity index (χ2v) is 14.5. The second-order valence-electron chi connectivity index (χ2n) is 12.9. The van der Waals surface area contributed by atoms with Gasteiger partial charge in [0, 0.05) is 24.4 Å². The van der Waals surface area contributed by atoms with E-state index >= 15 is 0 Å². The van der Waals surface area contributed by atoms with Crippen LogP contribution in [0.3, 0.4) is 0 Å². The van der Waals surface area contributed by atoms with E-state index in [4.69, 9.17) is 15.0 Å². The fourth-order valence-electron chi connectivity index (χ4n) is 7.33. The van der Waals surface area contributed by atoms with Gasteiger partial charge in [-0.3, -0.25) is 9.59 Å². The molecule has 3 N–H and O–H groups in total. The molecule has 37 heavy (non-hydrogen) atoms. The van der Waals surface area contributed by atoms with Crippen molar-refractivity contribution in [3.8, 4) is 5.88 Å². The quantitative estimate of drug-likeness (QED) is 0.455. The first-order chi connectivity index (χ1) is 17.6. The summed E-state index contributed by atoms with van der Waals surface area (Å²) in [6, 6.07) is 0.228. The molecule has 5 aliphatic rings. The van der Waals surface area contributed by atoms with Crippen molar-refractivity contribution >= 4 is 23.6 Å². The van der Waals surface area contributed by atoms with E-state index < -0.39 is 5.41 Å². The number of hydrogen-bond acceptors (Lipinski definition) is 7. The molecule has 2 heterocycles. The van der Waals surface area contributed by atoms with Gasteiger partial charge in [0.1, 0.15) is 11.5 Å². The maximum Gasteiger partial charge on any atom is 0.291 e. The van der Waals surface area contributed by atoms with Gasteiger partial charge >= 0.3 is 0 Å². The van der Waals surface area contributed by atoms with Crippen LogP contribution in [0.15, 0.2) is 9.42 Å². The molecule has 2 amide bonds. The van der Waals surface area contributed by atoms with Gasteiger partial charge in [0.05, 0.1) is 5.41 Å². The van der Waals surface area contributed by atoms with Crippen LogP contribution in [0.25, 0.3) is 0 Å².